The van der Waals surface area contributed by atoms with E-state index in [2.05, 4.69) is 14.9 Å². The van der Waals surface area contributed by atoms with Crippen molar-refractivity contribution in [2.75, 3.05) is 32.5 Å². The summed E-state index contributed by atoms with van der Waals surface area (Å²) in [6.45, 7) is 2.34. The number of hydrogen-bond acceptors (Lipinski definition) is 8. The molecule has 2 aromatic heterocycles. The highest BCUT2D eigenvalue weighted by Gasteiger charge is 2.34. The van der Waals surface area contributed by atoms with Crippen LogP contribution in [-0.2, 0) is 4.79 Å². The topological polar surface area (TPSA) is 102 Å². The van der Waals surface area contributed by atoms with E-state index in [9.17, 15) is 9.90 Å². The first kappa shape index (κ1) is 25.2. The van der Waals surface area contributed by atoms with Crippen LogP contribution < -0.4 is 10.5 Å². The Balaban J connectivity index is 1.38. The van der Waals surface area contributed by atoms with Gasteiger partial charge in [-0.2, -0.15) is 0 Å². The Morgan fingerprint density at radius 1 is 1.44 bits per heavy atom. The molecule has 4 rings (SSSR count). The zero-order chi connectivity index (χ0) is 24.1. The first-order valence-corrected chi connectivity index (χ1v) is 13.6. The van der Waals surface area contributed by atoms with Crippen molar-refractivity contribution >= 4 is 51.6 Å². The quantitative estimate of drug-likeness (QED) is 0.362. The number of benzene rings is 1. The highest BCUT2D eigenvalue weighted by Crippen LogP contribution is 2.36. The van der Waals surface area contributed by atoms with Gasteiger partial charge in [-0.25, -0.2) is 4.98 Å². The monoisotopic (exact) mass is 520 g/mol. The number of nitrogens with zero attached hydrogens (tertiary/aromatic N) is 3. The van der Waals surface area contributed by atoms with E-state index in [1.54, 1.807) is 36.4 Å². The lowest BCUT2D eigenvalue weighted by molar-refractivity contribution is -0.146. The third-order valence-corrected chi connectivity index (χ3v) is 8.73. The van der Waals surface area contributed by atoms with Crippen LogP contribution in [0, 0.1) is 11.8 Å². The van der Waals surface area contributed by atoms with Crippen molar-refractivity contribution in [3.63, 3.8) is 0 Å². The number of hydrogen-bond donors (Lipinski definition) is 2. The predicted molar refractivity (Wildman–Crippen MR) is 138 cm³/mol. The van der Waals surface area contributed by atoms with Crippen LogP contribution in [0.3, 0.4) is 0 Å². The van der Waals surface area contributed by atoms with Crippen molar-refractivity contribution in [3.8, 4) is 5.75 Å². The lowest BCUT2D eigenvalue weighted by atomic mass is 9.81. The molecule has 7 nitrogen and oxygen atoms in total. The summed E-state index contributed by atoms with van der Waals surface area (Å²) >= 11 is 9.87. The molecule has 3 aromatic rings. The second-order valence-corrected chi connectivity index (χ2v) is 11.2. The van der Waals surface area contributed by atoms with Gasteiger partial charge in [-0.1, -0.05) is 23.4 Å². The zero-order valence-electron chi connectivity index (χ0n) is 19.0. The SMILES string of the molecule is COc1ccc2ncc(Cl)c([C@H](N)CCC3CCN(CCSc4nccs4)CC3C(=O)O)c2c1. The average molecular weight is 521 g/mol. The number of thiazole rings is 1. The number of rotatable bonds is 10. The third-order valence-electron chi connectivity index (χ3n) is 6.49. The van der Waals surface area contributed by atoms with Gasteiger partial charge in [0.2, 0.25) is 0 Å². The van der Waals surface area contributed by atoms with Gasteiger partial charge in [-0.3, -0.25) is 9.78 Å². The number of carboxylic acid groups (broad SMARTS) is 1. The number of carbonyl (C=O) groups is 1. The second kappa shape index (κ2) is 11.7. The normalized spacial score (nSPS) is 19.9. The van der Waals surface area contributed by atoms with Crippen LogP contribution in [0.4, 0.5) is 0 Å². The number of halogens is 1. The van der Waals surface area contributed by atoms with Crippen molar-refractivity contribution in [1.82, 2.24) is 14.9 Å². The second-order valence-electron chi connectivity index (χ2n) is 8.53. The van der Waals surface area contributed by atoms with E-state index in [0.29, 0.717) is 18.0 Å². The van der Waals surface area contributed by atoms with E-state index in [1.807, 2.05) is 29.8 Å². The lowest BCUT2D eigenvalue weighted by Gasteiger charge is -2.37. The van der Waals surface area contributed by atoms with E-state index in [-0.39, 0.29) is 12.0 Å². The molecule has 2 unspecified atom stereocenters. The fourth-order valence-electron chi connectivity index (χ4n) is 4.65. The molecule has 0 spiro atoms. The van der Waals surface area contributed by atoms with Gasteiger partial charge in [0, 0.05) is 48.0 Å². The number of aliphatic carboxylic acids is 1. The summed E-state index contributed by atoms with van der Waals surface area (Å²) in [6, 6.07) is 5.35. The molecule has 0 bridgehead atoms. The lowest BCUT2D eigenvalue weighted by Crippen LogP contribution is -2.44. The number of thioether (sulfide) groups is 1. The number of piperidine rings is 1. The van der Waals surface area contributed by atoms with Gasteiger partial charge in [0.1, 0.15) is 10.1 Å². The molecular weight excluding hydrogens is 492 g/mol. The Labute approximate surface area is 212 Å². The van der Waals surface area contributed by atoms with Gasteiger partial charge in [0.15, 0.2) is 0 Å². The maximum atomic E-state index is 12.1. The number of nitrogens with two attached hydrogens (primary N) is 1. The minimum atomic E-state index is -0.729. The molecule has 1 aliphatic heterocycles. The summed E-state index contributed by atoms with van der Waals surface area (Å²) in [6.07, 6.45) is 5.69. The summed E-state index contributed by atoms with van der Waals surface area (Å²) in [5.74, 6) is 0.597. The first-order valence-electron chi connectivity index (χ1n) is 11.3. The molecule has 182 valence electrons. The van der Waals surface area contributed by atoms with Gasteiger partial charge in [0.05, 0.1) is 23.6 Å². The maximum absolute atomic E-state index is 12.1. The van der Waals surface area contributed by atoms with Gasteiger partial charge in [-0.15, -0.1) is 11.3 Å². The molecule has 1 aliphatic rings. The van der Waals surface area contributed by atoms with Gasteiger partial charge in [-0.05, 0) is 55.5 Å². The fraction of sp³-hybridized carbons (Fsp3) is 0.458. The number of carboxylic acids is 1. The van der Waals surface area contributed by atoms with Crippen molar-refractivity contribution in [2.45, 2.75) is 29.6 Å². The average Bonchev–Trinajstić information content (AvgIpc) is 3.36. The summed E-state index contributed by atoms with van der Waals surface area (Å²) in [5, 5.41) is 13.3. The zero-order valence-corrected chi connectivity index (χ0v) is 21.4. The smallest absolute Gasteiger partial charge is 0.308 e. The first-order chi connectivity index (χ1) is 16.5. The Bertz CT molecular complexity index is 1120. The highest BCUT2D eigenvalue weighted by molar-refractivity contribution is 8.01. The van der Waals surface area contributed by atoms with Gasteiger partial charge < -0.3 is 20.5 Å². The van der Waals surface area contributed by atoms with E-state index < -0.39 is 11.9 Å². The number of ether oxygens (including phenoxy) is 1. The number of likely N-dealkylation sites (tertiary alicyclic amines) is 1. The molecule has 0 amide bonds. The van der Waals surface area contributed by atoms with Crippen LogP contribution in [0.2, 0.25) is 5.02 Å². The van der Waals surface area contributed by atoms with Crippen molar-refractivity contribution in [2.24, 2.45) is 17.6 Å². The van der Waals surface area contributed by atoms with Crippen LogP contribution in [0.5, 0.6) is 5.75 Å². The summed E-state index contributed by atoms with van der Waals surface area (Å²) < 4.78 is 6.42. The summed E-state index contributed by atoms with van der Waals surface area (Å²) in [4.78, 5) is 23.0. The molecule has 1 saturated heterocycles. The maximum Gasteiger partial charge on any atom is 0.308 e. The van der Waals surface area contributed by atoms with E-state index >= 15 is 0 Å². The van der Waals surface area contributed by atoms with Crippen LogP contribution in [0.15, 0.2) is 40.3 Å². The van der Waals surface area contributed by atoms with Crippen LogP contribution in [0.1, 0.15) is 30.9 Å². The molecule has 3 N–H and O–H groups in total. The number of methoxy groups -OCH3 is 1. The molecule has 1 aromatic carbocycles. The minimum Gasteiger partial charge on any atom is -0.497 e. The third kappa shape index (κ3) is 6.01. The Morgan fingerprint density at radius 2 is 2.29 bits per heavy atom. The van der Waals surface area contributed by atoms with Gasteiger partial charge in [0.25, 0.3) is 0 Å². The standard InChI is InChI=1S/C24H29ClN4O3S2/c1-32-16-3-5-21-17(12-16)22(19(25)13-28-21)20(26)4-2-15-6-8-29(14-18(15)23(30)31)9-11-34-24-27-7-10-33-24/h3,5,7,10,12-13,15,18,20H,2,4,6,8-9,11,14,26H2,1H3,(H,30,31)/t15?,18?,20-/m1/s1. The number of pyridine rings is 1. The van der Waals surface area contributed by atoms with E-state index in [4.69, 9.17) is 22.1 Å². The molecular formula is C24H29ClN4O3S2. The predicted octanol–water partition coefficient (Wildman–Crippen LogP) is 4.95. The van der Waals surface area contributed by atoms with Crippen LogP contribution >= 0.6 is 34.7 Å². The molecule has 34 heavy (non-hydrogen) atoms. The van der Waals surface area contributed by atoms with E-state index in [0.717, 1.165) is 58.2 Å². The molecule has 3 heterocycles. The van der Waals surface area contributed by atoms with E-state index in [1.165, 1.54) is 0 Å². The van der Waals surface area contributed by atoms with Gasteiger partial charge >= 0.3 is 5.97 Å². The number of aromatic nitrogens is 2. The van der Waals surface area contributed by atoms with Crippen molar-refractivity contribution < 1.29 is 14.6 Å². The minimum absolute atomic E-state index is 0.0906. The highest BCUT2D eigenvalue weighted by atomic mass is 35.5. The summed E-state index contributed by atoms with van der Waals surface area (Å²) in [5.41, 5.74) is 8.26. The van der Waals surface area contributed by atoms with Crippen molar-refractivity contribution in [1.29, 1.82) is 0 Å². The Morgan fingerprint density at radius 3 is 3.03 bits per heavy atom. The Kier molecular flexibility index (Phi) is 8.65. The molecule has 0 saturated carbocycles. The summed E-state index contributed by atoms with van der Waals surface area (Å²) in [7, 11) is 1.62. The largest absolute Gasteiger partial charge is 0.497 e. The van der Waals surface area contributed by atoms with Crippen molar-refractivity contribution in [3.05, 3.63) is 46.6 Å². The molecule has 0 aliphatic carbocycles. The fourth-order valence-corrected chi connectivity index (χ4v) is 6.65. The molecule has 1 fully saturated rings. The van der Waals surface area contributed by atoms with Crippen LogP contribution in [-0.4, -0.2) is 58.4 Å². The van der Waals surface area contributed by atoms with Crippen LogP contribution in [0.25, 0.3) is 10.9 Å². The molecule has 10 heteroatoms. The molecule has 3 atom stereocenters. The molecule has 0 radical (unpaired) electrons. The Hall–Kier alpha value is -1.91. The number of fused-ring (bicyclic) bond motifs is 1.